The molecule has 0 atom stereocenters. The highest BCUT2D eigenvalue weighted by Crippen LogP contribution is 2.31. The van der Waals surface area contributed by atoms with Crippen LogP contribution >= 0.6 is 0 Å². The van der Waals surface area contributed by atoms with Gasteiger partial charge in [-0.05, 0) is 29.8 Å². The maximum Gasteiger partial charge on any atom is 0.159 e. The number of piperazine rings is 1. The maximum absolute atomic E-state index is 6.51. The molecule has 3 N–H and O–H groups in total. The number of rotatable bonds is 5. The average molecular weight is 412 g/mol. The van der Waals surface area contributed by atoms with Crippen LogP contribution in [-0.4, -0.2) is 46.0 Å². The van der Waals surface area contributed by atoms with E-state index in [0.717, 1.165) is 55.1 Å². The summed E-state index contributed by atoms with van der Waals surface area (Å²) < 4.78 is 0. The van der Waals surface area contributed by atoms with E-state index in [2.05, 4.69) is 60.4 Å². The number of anilines is 4. The summed E-state index contributed by atoms with van der Waals surface area (Å²) in [6.45, 7) is 4.67. The first-order valence-corrected chi connectivity index (χ1v) is 10.5. The Morgan fingerprint density at radius 2 is 1.68 bits per heavy atom. The SMILES string of the molecule is Nc1c(Nc2cccc3ncccc23)ncnc1N1CCN(Cc2ccccc2)CC1. The van der Waals surface area contributed by atoms with E-state index in [4.69, 9.17) is 5.73 Å². The molecule has 5 rings (SSSR count). The molecule has 0 bridgehead atoms. The molecular formula is C24H25N7. The second kappa shape index (κ2) is 8.57. The summed E-state index contributed by atoms with van der Waals surface area (Å²) in [5.41, 5.74) is 10.3. The highest BCUT2D eigenvalue weighted by atomic mass is 15.3. The van der Waals surface area contributed by atoms with Gasteiger partial charge in [0.05, 0.1) is 5.52 Å². The predicted molar refractivity (Wildman–Crippen MR) is 125 cm³/mol. The summed E-state index contributed by atoms with van der Waals surface area (Å²) in [6.07, 6.45) is 3.37. The van der Waals surface area contributed by atoms with E-state index >= 15 is 0 Å². The van der Waals surface area contributed by atoms with Gasteiger partial charge in [-0.15, -0.1) is 0 Å². The van der Waals surface area contributed by atoms with Gasteiger partial charge in [-0.1, -0.05) is 36.4 Å². The standard InChI is InChI=1S/C24H25N7/c25-22-23(29-21-10-4-9-20-19(21)8-5-11-26-20)27-17-28-24(22)31-14-12-30(13-15-31)16-18-6-2-1-3-7-18/h1-11,17H,12-16,25H2,(H,27,28,29). The first-order valence-electron chi connectivity index (χ1n) is 10.5. The van der Waals surface area contributed by atoms with Crippen molar-refractivity contribution in [3.63, 3.8) is 0 Å². The summed E-state index contributed by atoms with van der Waals surface area (Å²) in [5.74, 6) is 1.41. The molecule has 0 spiro atoms. The van der Waals surface area contributed by atoms with Crippen LogP contribution in [0, 0.1) is 0 Å². The number of nitrogens with two attached hydrogens (primary N) is 1. The Morgan fingerprint density at radius 3 is 2.52 bits per heavy atom. The van der Waals surface area contributed by atoms with Gasteiger partial charge in [0.25, 0.3) is 0 Å². The van der Waals surface area contributed by atoms with E-state index < -0.39 is 0 Å². The van der Waals surface area contributed by atoms with Crippen LogP contribution < -0.4 is 16.0 Å². The molecule has 156 valence electrons. The fourth-order valence-electron chi connectivity index (χ4n) is 4.04. The Morgan fingerprint density at radius 1 is 0.839 bits per heavy atom. The van der Waals surface area contributed by atoms with E-state index in [-0.39, 0.29) is 0 Å². The zero-order valence-corrected chi connectivity index (χ0v) is 17.3. The van der Waals surface area contributed by atoms with Crippen LogP contribution in [0.1, 0.15) is 5.56 Å². The Hall–Kier alpha value is -3.71. The molecule has 0 amide bonds. The van der Waals surface area contributed by atoms with E-state index in [1.807, 2.05) is 30.3 Å². The molecule has 31 heavy (non-hydrogen) atoms. The van der Waals surface area contributed by atoms with Crippen LogP contribution in [0.25, 0.3) is 10.9 Å². The minimum Gasteiger partial charge on any atom is -0.393 e. The smallest absolute Gasteiger partial charge is 0.159 e. The minimum absolute atomic E-state index is 0.569. The fraction of sp³-hybridized carbons (Fsp3) is 0.208. The molecule has 3 heterocycles. The summed E-state index contributed by atoms with van der Waals surface area (Å²) in [5, 5.41) is 4.41. The van der Waals surface area contributed by atoms with Gasteiger partial charge in [0.15, 0.2) is 11.6 Å². The number of hydrogen-bond donors (Lipinski definition) is 2. The molecular weight excluding hydrogens is 386 g/mol. The van der Waals surface area contributed by atoms with Gasteiger partial charge in [-0.2, -0.15) is 0 Å². The third-order valence-electron chi connectivity index (χ3n) is 5.68. The van der Waals surface area contributed by atoms with Gasteiger partial charge in [0, 0.05) is 50.0 Å². The molecule has 1 saturated heterocycles. The molecule has 0 saturated carbocycles. The van der Waals surface area contributed by atoms with Crippen molar-refractivity contribution in [3.05, 3.63) is 78.8 Å². The average Bonchev–Trinajstić information content (AvgIpc) is 2.82. The second-order valence-electron chi connectivity index (χ2n) is 7.71. The monoisotopic (exact) mass is 411 g/mol. The topological polar surface area (TPSA) is 83.2 Å². The van der Waals surface area contributed by atoms with Crippen molar-refractivity contribution in [3.8, 4) is 0 Å². The predicted octanol–water partition coefficient (Wildman–Crippen LogP) is 3.67. The molecule has 1 fully saturated rings. The van der Waals surface area contributed by atoms with Crippen molar-refractivity contribution in [2.45, 2.75) is 6.54 Å². The molecule has 7 nitrogen and oxygen atoms in total. The number of nitrogens with one attached hydrogen (secondary N) is 1. The Labute approximate surface area is 181 Å². The van der Waals surface area contributed by atoms with Crippen LogP contribution in [0.15, 0.2) is 73.2 Å². The first-order chi connectivity index (χ1) is 15.3. The first kappa shape index (κ1) is 19.3. The number of nitrogen functional groups attached to an aromatic ring is 1. The summed E-state index contributed by atoms with van der Waals surface area (Å²) in [6, 6.07) is 20.5. The van der Waals surface area contributed by atoms with Crippen molar-refractivity contribution in [2.24, 2.45) is 0 Å². The summed E-state index contributed by atoms with van der Waals surface area (Å²) in [7, 11) is 0. The number of aromatic nitrogens is 3. The van der Waals surface area contributed by atoms with Crippen molar-refractivity contribution in [2.75, 3.05) is 42.1 Å². The highest BCUT2D eigenvalue weighted by molar-refractivity contribution is 5.94. The van der Waals surface area contributed by atoms with Gasteiger partial charge in [-0.25, -0.2) is 9.97 Å². The third kappa shape index (κ3) is 4.13. The van der Waals surface area contributed by atoms with Crippen molar-refractivity contribution >= 4 is 33.9 Å². The van der Waals surface area contributed by atoms with Gasteiger partial charge in [-0.3, -0.25) is 9.88 Å². The number of hydrogen-bond acceptors (Lipinski definition) is 7. The maximum atomic E-state index is 6.51. The molecule has 2 aromatic carbocycles. The lowest BCUT2D eigenvalue weighted by atomic mass is 10.2. The molecule has 0 aliphatic carbocycles. The minimum atomic E-state index is 0.569. The number of pyridine rings is 1. The molecule has 4 aromatic rings. The van der Waals surface area contributed by atoms with Crippen LogP contribution in [0.3, 0.4) is 0 Å². The van der Waals surface area contributed by atoms with Crippen molar-refractivity contribution < 1.29 is 0 Å². The molecule has 1 aliphatic heterocycles. The second-order valence-corrected chi connectivity index (χ2v) is 7.71. The number of nitrogens with zero attached hydrogens (tertiary/aromatic N) is 5. The highest BCUT2D eigenvalue weighted by Gasteiger charge is 2.21. The Balaban J connectivity index is 1.31. The lowest BCUT2D eigenvalue weighted by Gasteiger charge is -2.36. The Kier molecular flexibility index (Phi) is 5.33. The van der Waals surface area contributed by atoms with E-state index in [1.54, 1.807) is 12.5 Å². The Bertz CT molecular complexity index is 1170. The van der Waals surface area contributed by atoms with Crippen LogP contribution in [0.5, 0.6) is 0 Å². The third-order valence-corrected chi connectivity index (χ3v) is 5.68. The molecule has 0 unspecified atom stereocenters. The molecule has 0 radical (unpaired) electrons. The number of fused-ring (bicyclic) bond motifs is 1. The molecule has 1 aliphatic rings. The van der Waals surface area contributed by atoms with Gasteiger partial charge in [0.2, 0.25) is 0 Å². The van der Waals surface area contributed by atoms with Gasteiger partial charge in [0.1, 0.15) is 12.0 Å². The largest absolute Gasteiger partial charge is 0.393 e. The van der Waals surface area contributed by atoms with Gasteiger partial charge >= 0.3 is 0 Å². The van der Waals surface area contributed by atoms with E-state index in [9.17, 15) is 0 Å². The summed E-state index contributed by atoms with van der Waals surface area (Å²) in [4.78, 5) is 18.0. The van der Waals surface area contributed by atoms with Crippen LogP contribution in [0.2, 0.25) is 0 Å². The lowest BCUT2D eigenvalue weighted by Crippen LogP contribution is -2.46. The van der Waals surface area contributed by atoms with E-state index in [0.29, 0.717) is 11.5 Å². The van der Waals surface area contributed by atoms with Crippen molar-refractivity contribution in [1.29, 1.82) is 0 Å². The van der Waals surface area contributed by atoms with Gasteiger partial charge < -0.3 is 16.0 Å². The zero-order valence-electron chi connectivity index (χ0n) is 17.3. The zero-order chi connectivity index (χ0) is 21.0. The molecule has 7 heteroatoms. The number of benzene rings is 2. The molecule has 2 aromatic heterocycles. The fourth-order valence-corrected chi connectivity index (χ4v) is 4.04. The van der Waals surface area contributed by atoms with Crippen LogP contribution in [0.4, 0.5) is 23.0 Å². The quantitative estimate of drug-likeness (QED) is 0.518. The van der Waals surface area contributed by atoms with E-state index in [1.165, 1.54) is 5.56 Å². The lowest BCUT2D eigenvalue weighted by molar-refractivity contribution is 0.249. The van der Waals surface area contributed by atoms with Crippen molar-refractivity contribution in [1.82, 2.24) is 19.9 Å². The van der Waals surface area contributed by atoms with Crippen LogP contribution in [-0.2, 0) is 6.54 Å². The normalized spacial score (nSPS) is 14.6. The summed E-state index contributed by atoms with van der Waals surface area (Å²) >= 11 is 0.